The van der Waals surface area contributed by atoms with E-state index in [0.717, 1.165) is 0 Å². The molecule has 4 radical (unpaired) electrons. The van der Waals surface area contributed by atoms with Crippen LogP contribution in [0.4, 0.5) is 0 Å². The van der Waals surface area contributed by atoms with Crippen molar-refractivity contribution >= 4 is 31.6 Å². The number of rotatable bonds is 0. The lowest BCUT2D eigenvalue weighted by Gasteiger charge is -1.86. The van der Waals surface area contributed by atoms with Gasteiger partial charge in [0.25, 0.3) is 0 Å². The molecule has 0 fully saturated rings. The van der Waals surface area contributed by atoms with Crippen LogP contribution in [0, 0.1) is 0 Å². The maximum absolute atomic E-state index is 5.14. The van der Waals surface area contributed by atoms with Gasteiger partial charge in [-0.1, -0.05) is 27.2 Å². The lowest BCUT2D eigenvalue weighted by molar-refractivity contribution is 1.69. The van der Waals surface area contributed by atoms with E-state index >= 15 is 0 Å². The van der Waals surface area contributed by atoms with Gasteiger partial charge >= 0.3 is 0 Å². The zero-order chi connectivity index (χ0) is 5.15. The van der Waals surface area contributed by atoms with Crippen molar-refractivity contribution in [3.05, 3.63) is 9.85 Å². The van der Waals surface area contributed by atoms with Crippen LogP contribution in [-0.4, -0.2) is 15.7 Å². The first-order valence-corrected chi connectivity index (χ1v) is 2.31. The molecule has 0 rings (SSSR count). The van der Waals surface area contributed by atoms with Crippen molar-refractivity contribution in [1.29, 1.82) is 0 Å². The molecule has 0 heterocycles. The van der Waals surface area contributed by atoms with Gasteiger partial charge in [-0.3, -0.25) is 0 Å². The molecule has 0 atom stereocenters. The van der Waals surface area contributed by atoms with Crippen LogP contribution in [0.5, 0.6) is 0 Å². The quantitative estimate of drug-likeness (QED) is 0.439. The summed E-state index contributed by atoms with van der Waals surface area (Å²) in [4.78, 5) is 0. The average molecular weight is 141 g/mol. The van der Waals surface area contributed by atoms with Crippen molar-refractivity contribution in [1.82, 2.24) is 0 Å². The zero-order valence-corrected chi connectivity index (χ0v) is 5.12. The summed E-state index contributed by atoms with van der Waals surface area (Å²) in [5, 5.41) is 0. The fraction of sp³-hybridized carbons (Fsp3) is 0.333. The summed E-state index contributed by atoms with van der Waals surface area (Å²) in [7, 11) is 10.2. The predicted octanol–water partition coefficient (Wildman–Crippen LogP) is 0.907. The van der Waals surface area contributed by atoms with E-state index in [9.17, 15) is 0 Å². The fourth-order valence-corrected chi connectivity index (χ4v) is 0. The standard InChI is InChI=1S/C3H3B2Br/c1-2(4)3(5)6/h1H3/b3-2+. The van der Waals surface area contributed by atoms with Gasteiger partial charge in [-0.2, -0.15) is 0 Å². The van der Waals surface area contributed by atoms with Crippen LogP contribution in [0.1, 0.15) is 6.92 Å². The molecule has 6 heavy (non-hydrogen) atoms. The molecule has 0 N–H and O–H groups in total. The normalized spacial score (nSPS) is 13.7. The minimum Gasteiger partial charge on any atom is -0.121 e. The summed E-state index contributed by atoms with van der Waals surface area (Å²) in [6, 6.07) is 0. The number of hydrogen-bond donors (Lipinski definition) is 0. The van der Waals surface area contributed by atoms with Crippen LogP contribution in [0.2, 0.25) is 0 Å². The van der Waals surface area contributed by atoms with Gasteiger partial charge in [-0.15, -0.1) is 5.47 Å². The summed E-state index contributed by atoms with van der Waals surface area (Å²) in [5.41, 5.74) is 0.620. The van der Waals surface area contributed by atoms with Crippen LogP contribution in [0.25, 0.3) is 0 Å². The van der Waals surface area contributed by atoms with E-state index < -0.39 is 0 Å². The molecular formula is C3H3B2Br. The van der Waals surface area contributed by atoms with E-state index in [1.807, 2.05) is 0 Å². The molecule has 0 saturated carbocycles. The van der Waals surface area contributed by atoms with Crippen molar-refractivity contribution in [3.63, 3.8) is 0 Å². The molecule has 0 nitrogen and oxygen atoms in total. The van der Waals surface area contributed by atoms with E-state index in [2.05, 4.69) is 15.9 Å². The van der Waals surface area contributed by atoms with Crippen molar-refractivity contribution in [2.75, 3.05) is 0 Å². The second-order valence-corrected chi connectivity index (χ2v) is 1.89. The highest BCUT2D eigenvalue weighted by Gasteiger charge is 1.77. The Morgan fingerprint density at radius 2 is 1.67 bits per heavy atom. The molecule has 0 saturated heterocycles. The van der Waals surface area contributed by atoms with E-state index in [1.54, 1.807) is 6.92 Å². The van der Waals surface area contributed by atoms with Gasteiger partial charge in [0.2, 0.25) is 0 Å². The smallest absolute Gasteiger partial charge is 0.121 e. The second kappa shape index (κ2) is 2.51. The minimum absolute atomic E-state index is 0.516. The third-order valence-corrected chi connectivity index (χ3v) is 1.00. The average Bonchev–Trinajstić information content (AvgIpc) is 1.36. The Kier molecular flexibility index (Phi) is 2.66. The lowest BCUT2D eigenvalue weighted by Crippen LogP contribution is -1.74. The van der Waals surface area contributed by atoms with Gasteiger partial charge in [0.1, 0.15) is 15.7 Å². The molecule has 0 aromatic rings. The van der Waals surface area contributed by atoms with Gasteiger partial charge < -0.3 is 0 Å². The predicted molar refractivity (Wildman–Crippen MR) is 33.1 cm³/mol. The molecule has 0 spiro atoms. The van der Waals surface area contributed by atoms with E-state index in [-0.39, 0.29) is 0 Å². The SMILES string of the molecule is [B]/C(C)=C(\[B])Br. The lowest BCUT2D eigenvalue weighted by atomic mass is 9.91. The van der Waals surface area contributed by atoms with Gasteiger partial charge in [0.15, 0.2) is 0 Å². The Morgan fingerprint density at radius 3 is 1.67 bits per heavy atom. The number of hydrogen-bond acceptors (Lipinski definition) is 0. The molecule has 0 aromatic carbocycles. The topological polar surface area (TPSA) is 0 Å². The Morgan fingerprint density at radius 1 is 1.50 bits per heavy atom. The largest absolute Gasteiger partial charge is 0.122 e. The molecule has 28 valence electrons. The van der Waals surface area contributed by atoms with E-state index in [1.165, 1.54) is 0 Å². The third kappa shape index (κ3) is 2.58. The van der Waals surface area contributed by atoms with Crippen LogP contribution in [0.3, 0.4) is 0 Å². The van der Waals surface area contributed by atoms with Crippen LogP contribution >= 0.6 is 15.9 Å². The molecule has 0 aromatic heterocycles. The minimum atomic E-state index is 0.516. The fourth-order valence-electron chi connectivity index (χ4n) is 0. The Hall–Kier alpha value is 0.350. The Balaban J connectivity index is 3.68. The van der Waals surface area contributed by atoms with Crippen molar-refractivity contribution in [2.24, 2.45) is 0 Å². The number of halogens is 1. The third-order valence-electron chi connectivity index (χ3n) is 0.377. The van der Waals surface area contributed by atoms with Crippen molar-refractivity contribution in [3.8, 4) is 0 Å². The van der Waals surface area contributed by atoms with Crippen LogP contribution < -0.4 is 0 Å². The molecule has 0 bridgehead atoms. The zero-order valence-electron chi connectivity index (χ0n) is 3.53. The first-order valence-electron chi connectivity index (χ1n) is 1.52. The van der Waals surface area contributed by atoms with Gasteiger partial charge in [-0.25, -0.2) is 0 Å². The molecule has 0 aliphatic carbocycles. The van der Waals surface area contributed by atoms with Gasteiger partial charge in [0.05, 0.1) is 0 Å². The molecular weight excluding hydrogens is 138 g/mol. The van der Waals surface area contributed by atoms with Gasteiger partial charge in [-0.05, 0) is 0 Å². The molecule has 0 aliphatic heterocycles. The van der Waals surface area contributed by atoms with Crippen molar-refractivity contribution < 1.29 is 0 Å². The highest BCUT2D eigenvalue weighted by Crippen LogP contribution is 2.00. The summed E-state index contributed by atoms with van der Waals surface area (Å²) >= 11 is 2.97. The summed E-state index contributed by atoms with van der Waals surface area (Å²) in [5.74, 6) is 0. The summed E-state index contributed by atoms with van der Waals surface area (Å²) in [6.45, 7) is 1.73. The van der Waals surface area contributed by atoms with Gasteiger partial charge in [0, 0.05) is 0 Å². The molecule has 0 aliphatic rings. The van der Waals surface area contributed by atoms with Crippen LogP contribution in [0.15, 0.2) is 9.85 Å². The first kappa shape index (κ1) is 6.35. The Bertz CT molecular complexity index is 58.9. The molecule has 3 heteroatoms. The molecule has 0 amide bonds. The first-order chi connectivity index (χ1) is 2.64. The molecule has 0 unspecified atom stereocenters. The number of allylic oxidation sites excluding steroid dienone is 1. The maximum Gasteiger partial charge on any atom is 0.122 e. The van der Waals surface area contributed by atoms with E-state index in [0.29, 0.717) is 9.85 Å². The van der Waals surface area contributed by atoms with Crippen LogP contribution in [-0.2, 0) is 0 Å². The second-order valence-electron chi connectivity index (χ2n) is 1.03. The summed E-state index contributed by atoms with van der Waals surface area (Å²) in [6.07, 6.45) is 0. The highest BCUT2D eigenvalue weighted by atomic mass is 79.9. The van der Waals surface area contributed by atoms with E-state index in [4.69, 9.17) is 15.7 Å². The van der Waals surface area contributed by atoms with Crippen molar-refractivity contribution in [2.45, 2.75) is 6.92 Å². The summed E-state index contributed by atoms with van der Waals surface area (Å²) < 4.78 is 0.516. The maximum atomic E-state index is 5.14. The highest BCUT2D eigenvalue weighted by molar-refractivity contribution is 9.12. The Labute approximate surface area is 49.0 Å². The monoisotopic (exact) mass is 140 g/mol.